The monoisotopic (exact) mass is 518 g/mol. The number of aliphatic hydroxyl groups excluding tert-OH is 1. The fourth-order valence-corrected chi connectivity index (χ4v) is 5.15. The predicted molar refractivity (Wildman–Crippen MR) is 142 cm³/mol. The number of amidine groups is 1. The van der Waals surface area contributed by atoms with E-state index in [4.69, 9.17) is 27.4 Å². The van der Waals surface area contributed by atoms with Crippen molar-refractivity contribution in [2.24, 2.45) is 16.6 Å². The SMILES string of the molecule is N/C(=N\C(=O)O)c1nc(-c2cccc(Cl)c2)c2c(n1)nc(C(O)c1ccccc1)n2CC1CCCCC1. The summed E-state index contributed by atoms with van der Waals surface area (Å²) in [6, 6.07) is 16.5. The summed E-state index contributed by atoms with van der Waals surface area (Å²) >= 11 is 6.32. The highest BCUT2D eigenvalue weighted by Gasteiger charge is 2.27. The van der Waals surface area contributed by atoms with E-state index < -0.39 is 12.2 Å². The quantitative estimate of drug-likeness (QED) is 0.235. The van der Waals surface area contributed by atoms with Crippen LogP contribution in [0.1, 0.15) is 55.4 Å². The first-order valence-corrected chi connectivity index (χ1v) is 12.6. The van der Waals surface area contributed by atoms with Crippen LogP contribution in [0.2, 0.25) is 5.02 Å². The fourth-order valence-electron chi connectivity index (χ4n) is 4.96. The molecule has 0 aliphatic heterocycles. The predicted octanol–water partition coefficient (Wildman–Crippen LogP) is 5.19. The molecule has 0 saturated heterocycles. The Kier molecular flexibility index (Phi) is 7.16. The number of hydrogen-bond acceptors (Lipinski definition) is 5. The number of aliphatic imine (C=N–C) groups is 1. The number of benzene rings is 2. The highest BCUT2D eigenvalue weighted by Crippen LogP contribution is 2.34. The molecule has 190 valence electrons. The molecule has 1 aliphatic rings. The lowest BCUT2D eigenvalue weighted by atomic mass is 9.89. The summed E-state index contributed by atoms with van der Waals surface area (Å²) in [5.74, 6) is 0.450. The third kappa shape index (κ3) is 5.33. The molecule has 1 amide bonds. The van der Waals surface area contributed by atoms with Crippen LogP contribution in [0.4, 0.5) is 4.79 Å². The maximum absolute atomic E-state index is 11.4. The van der Waals surface area contributed by atoms with E-state index in [2.05, 4.69) is 15.0 Å². The molecule has 1 atom stereocenters. The molecule has 10 heteroatoms. The molecule has 1 aliphatic carbocycles. The van der Waals surface area contributed by atoms with Crippen LogP contribution in [0.5, 0.6) is 0 Å². The Morgan fingerprint density at radius 1 is 1.08 bits per heavy atom. The standard InChI is InChI=1S/C27H27ClN6O3/c28-19-13-7-12-18(14-19)20-21-24(32-25(30-20)23(29)31-27(36)37)33-26(22(35)17-10-5-2-6-11-17)34(21)15-16-8-3-1-4-9-16/h2,5-7,10-14,16,22,35H,1,3-4,8-9,15H2,(H2,29,31)(H,36,37). The van der Waals surface area contributed by atoms with Gasteiger partial charge in [-0.1, -0.05) is 73.3 Å². The van der Waals surface area contributed by atoms with Crippen molar-refractivity contribution >= 4 is 34.7 Å². The van der Waals surface area contributed by atoms with Gasteiger partial charge in [0.25, 0.3) is 0 Å². The van der Waals surface area contributed by atoms with Crippen molar-refractivity contribution in [3.63, 3.8) is 0 Å². The average Bonchev–Trinajstić information content (AvgIpc) is 3.26. The van der Waals surface area contributed by atoms with Crippen molar-refractivity contribution in [2.75, 3.05) is 0 Å². The van der Waals surface area contributed by atoms with Crippen LogP contribution in [0.15, 0.2) is 59.6 Å². The van der Waals surface area contributed by atoms with E-state index in [1.54, 1.807) is 12.1 Å². The summed E-state index contributed by atoms with van der Waals surface area (Å²) in [7, 11) is 0. The Labute approximate surface area is 218 Å². The van der Waals surface area contributed by atoms with E-state index in [9.17, 15) is 9.90 Å². The Morgan fingerprint density at radius 2 is 1.84 bits per heavy atom. The summed E-state index contributed by atoms with van der Waals surface area (Å²) in [6.45, 7) is 0.644. The van der Waals surface area contributed by atoms with Gasteiger partial charge in [0.05, 0.1) is 0 Å². The first-order chi connectivity index (χ1) is 17.9. The number of rotatable bonds is 6. The zero-order chi connectivity index (χ0) is 25.9. The summed E-state index contributed by atoms with van der Waals surface area (Å²) < 4.78 is 2.01. The summed E-state index contributed by atoms with van der Waals surface area (Å²) in [6.07, 6.45) is 3.28. The second kappa shape index (κ2) is 10.7. The maximum atomic E-state index is 11.4. The van der Waals surface area contributed by atoms with Gasteiger partial charge in [-0.2, -0.15) is 4.99 Å². The van der Waals surface area contributed by atoms with Gasteiger partial charge in [0.2, 0.25) is 0 Å². The number of fused-ring (bicyclic) bond motifs is 1. The molecule has 5 rings (SSSR count). The fraction of sp³-hybridized carbons (Fsp3) is 0.296. The van der Waals surface area contributed by atoms with Crippen molar-refractivity contribution in [3.8, 4) is 11.3 Å². The minimum absolute atomic E-state index is 0.0621. The molecule has 1 unspecified atom stereocenters. The lowest BCUT2D eigenvalue weighted by molar-refractivity contribution is 0.200. The molecule has 9 nitrogen and oxygen atoms in total. The van der Waals surface area contributed by atoms with Crippen LogP contribution >= 0.6 is 11.6 Å². The van der Waals surface area contributed by atoms with Gasteiger partial charge in [-0.3, -0.25) is 0 Å². The zero-order valence-electron chi connectivity index (χ0n) is 20.1. The molecule has 37 heavy (non-hydrogen) atoms. The third-order valence-corrected chi connectivity index (χ3v) is 6.94. The topological polar surface area (TPSA) is 140 Å². The van der Waals surface area contributed by atoms with Gasteiger partial charge in [-0.25, -0.2) is 19.7 Å². The highest BCUT2D eigenvalue weighted by molar-refractivity contribution is 6.30. The second-order valence-corrected chi connectivity index (χ2v) is 9.69. The van der Waals surface area contributed by atoms with Gasteiger partial charge >= 0.3 is 6.09 Å². The van der Waals surface area contributed by atoms with Gasteiger partial charge in [0, 0.05) is 17.1 Å². The van der Waals surface area contributed by atoms with Crippen molar-refractivity contribution in [1.82, 2.24) is 19.5 Å². The molecule has 4 aromatic rings. The number of imidazole rings is 1. The van der Waals surface area contributed by atoms with Crippen LogP contribution < -0.4 is 5.73 Å². The lowest BCUT2D eigenvalue weighted by Crippen LogP contribution is -2.20. The van der Waals surface area contributed by atoms with E-state index in [0.717, 1.165) is 25.7 Å². The van der Waals surface area contributed by atoms with E-state index in [-0.39, 0.29) is 11.7 Å². The number of amides is 1. The van der Waals surface area contributed by atoms with Crippen molar-refractivity contribution in [1.29, 1.82) is 0 Å². The van der Waals surface area contributed by atoms with Crippen molar-refractivity contribution in [2.45, 2.75) is 44.8 Å². The summed E-state index contributed by atoms with van der Waals surface area (Å²) in [5, 5.41) is 21.1. The number of aliphatic hydroxyl groups is 1. The van der Waals surface area contributed by atoms with Crippen LogP contribution in [0.3, 0.4) is 0 Å². The van der Waals surface area contributed by atoms with E-state index >= 15 is 0 Å². The second-order valence-electron chi connectivity index (χ2n) is 9.26. The lowest BCUT2D eigenvalue weighted by Gasteiger charge is -2.24. The van der Waals surface area contributed by atoms with Gasteiger partial charge in [-0.05, 0) is 36.5 Å². The molecule has 2 aromatic heterocycles. The number of nitrogens with two attached hydrogens (primary N) is 1. The molecule has 0 spiro atoms. The number of carboxylic acid groups (broad SMARTS) is 1. The molecule has 0 radical (unpaired) electrons. The van der Waals surface area contributed by atoms with Crippen LogP contribution in [0.25, 0.3) is 22.4 Å². The summed E-state index contributed by atoms with van der Waals surface area (Å²) in [5.41, 5.74) is 8.75. The Balaban J connectivity index is 1.77. The molecular formula is C27H27ClN6O3. The number of nitrogens with zero attached hydrogens (tertiary/aromatic N) is 5. The number of carbonyl (C=O) groups is 1. The summed E-state index contributed by atoms with van der Waals surface area (Å²) in [4.78, 5) is 28.4. The van der Waals surface area contributed by atoms with E-state index in [0.29, 0.717) is 51.3 Å². The average molecular weight is 519 g/mol. The first kappa shape index (κ1) is 24.9. The molecular weight excluding hydrogens is 492 g/mol. The van der Waals surface area contributed by atoms with Gasteiger partial charge in [0.1, 0.15) is 23.1 Å². The number of halogens is 1. The van der Waals surface area contributed by atoms with E-state index in [1.165, 1.54) is 6.42 Å². The molecule has 4 N–H and O–H groups in total. The minimum atomic E-state index is -1.45. The van der Waals surface area contributed by atoms with Crippen LogP contribution in [-0.2, 0) is 6.54 Å². The van der Waals surface area contributed by atoms with Crippen molar-refractivity contribution in [3.05, 3.63) is 76.8 Å². The third-order valence-electron chi connectivity index (χ3n) is 6.70. The normalized spacial score (nSPS) is 15.7. The molecule has 2 heterocycles. The zero-order valence-corrected chi connectivity index (χ0v) is 20.8. The molecule has 2 aromatic carbocycles. The molecule has 1 fully saturated rings. The van der Waals surface area contributed by atoms with Gasteiger partial charge < -0.3 is 20.5 Å². The van der Waals surface area contributed by atoms with Gasteiger partial charge in [-0.15, -0.1) is 0 Å². The maximum Gasteiger partial charge on any atom is 0.433 e. The minimum Gasteiger partial charge on any atom is -0.463 e. The Bertz CT molecular complexity index is 1460. The number of hydrogen-bond donors (Lipinski definition) is 3. The highest BCUT2D eigenvalue weighted by atomic mass is 35.5. The first-order valence-electron chi connectivity index (χ1n) is 12.3. The van der Waals surface area contributed by atoms with Gasteiger partial charge in [0.15, 0.2) is 17.3 Å². The number of aromatic nitrogens is 4. The smallest absolute Gasteiger partial charge is 0.433 e. The van der Waals surface area contributed by atoms with Crippen molar-refractivity contribution < 1.29 is 15.0 Å². The Morgan fingerprint density at radius 3 is 2.54 bits per heavy atom. The van der Waals surface area contributed by atoms with E-state index in [1.807, 2.05) is 47.0 Å². The Hall–Kier alpha value is -3.82. The van der Waals surface area contributed by atoms with Crippen LogP contribution in [0, 0.1) is 5.92 Å². The molecule has 0 bridgehead atoms. The largest absolute Gasteiger partial charge is 0.463 e. The van der Waals surface area contributed by atoms with Crippen LogP contribution in [-0.4, -0.2) is 41.7 Å². The molecule has 1 saturated carbocycles.